The lowest BCUT2D eigenvalue weighted by Crippen LogP contribution is -1.96. The van der Waals surface area contributed by atoms with Gasteiger partial charge in [0.2, 0.25) is 5.82 Å². The molecule has 5 heteroatoms. The summed E-state index contributed by atoms with van der Waals surface area (Å²) in [6.07, 6.45) is 0. The molecule has 0 radical (unpaired) electrons. The van der Waals surface area contributed by atoms with E-state index in [2.05, 4.69) is 0 Å². The Bertz CT molecular complexity index is 311. The average molecular weight is 172 g/mol. The van der Waals surface area contributed by atoms with Gasteiger partial charge in [0.1, 0.15) is 0 Å². The fraction of sp³-hybridized carbons (Fsp3) is 0. The van der Waals surface area contributed by atoms with Crippen LogP contribution < -0.4 is 0 Å². The van der Waals surface area contributed by atoms with Crippen LogP contribution in [0.5, 0.6) is 11.5 Å². The molecule has 0 aliphatic rings. The van der Waals surface area contributed by atoms with E-state index < -0.39 is 23.3 Å². The molecule has 0 unspecified atom stereocenters. The van der Waals surface area contributed by atoms with Gasteiger partial charge in [-0.15, -0.1) is 0 Å². The van der Waals surface area contributed by atoms with Gasteiger partial charge in [-0.05, 0) is 12.1 Å². The van der Waals surface area contributed by atoms with Crippen molar-refractivity contribution in [3.63, 3.8) is 0 Å². The van der Waals surface area contributed by atoms with E-state index in [1.165, 1.54) is 0 Å². The van der Waals surface area contributed by atoms with Crippen molar-refractivity contribution in [2.45, 2.75) is 0 Å². The number of halogens is 1. The SMILES string of the molecule is O=C(O)c1cc(O)c(F)c(O)c1. The highest BCUT2D eigenvalue weighted by Gasteiger charge is 2.12. The fourth-order valence-corrected chi connectivity index (χ4v) is 0.718. The summed E-state index contributed by atoms with van der Waals surface area (Å²) >= 11 is 0. The van der Waals surface area contributed by atoms with E-state index in [4.69, 9.17) is 15.3 Å². The van der Waals surface area contributed by atoms with Gasteiger partial charge in [0, 0.05) is 0 Å². The highest BCUT2D eigenvalue weighted by Crippen LogP contribution is 2.26. The number of rotatable bonds is 1. The van der Waals surface area contributed by atoms with Gasteiger partial charge in [-0.2, -0.15) is 4.39 Å². The van der Waals surface area contributed by atoms with Crippen LogP contribution in [0.4, 0.5) is 4.39 Å². The molecule has 0 saturated heterocycles. The van der Waals surface area contributed by atoms with Crippen molar-refractivity contribution < 1.29 is 24.5 Å². The van der Waals surface area contributed by atoms with Gasteiger partial charge < -0.3 is 15.3 Å². The number of carbonyl (C=O) groups is 1. The molecule has 0 aliphatic carbocycles. The summed E-state index contributed by atoms with van der Waals surface area (Å²) in [4.78, 5) is 10.3. The Balaban J connectivity index is 3.31. The van der Waals surface area contributed by atoms with Crippen LogP contribution in [0.25, 0.3) is 0 Å². The second kappa shape index (κ2) is 2.69. The minimum atomic E-state index is -1.35. The molecule has 0 aliphatic heterocycles. The predicted octanol–water partition coefficient (Wildman–Crippen LogP) is 0.935. The smallest absolute Gasteiger partial charge is 0.335 e. The number of aromatic carboxylic acids is 1. The topological polar surface area (TPSA) is 77.8 Å². The van der Waals surface area contributed by atoms with E-state index in [0.717, 1.165) is 12.1 Å². The van der Waals surface area contributed by atoms with Gasteiger partial charge in [0.05, 0.1) is 5.56 Å². The van der Waals surface area contributed by atoms with E-state index in [1.807, 2.05) is 0 Å². The van der Waals surface area contributed by atoms with Crippen LogP contribution in [0.2, 0.25) is 0 Å². The Labute approximate surface area is 66.5 Å². The molecule has 0 heterocycles. The van der Waals surface area contributed by atoms with Crippen LogP contribution in [0.15, 0.2) is 12.1 Å². The van der Waals surface area contributed by atoms with Gasteiger partial charge >= 0.3 is 5.97 Å². The first-order valence-electron chi connectivity index (χ1n) is 2.97. The zero-order valence-corrected chi connectivity index (χ0v) is 5.78. The van der Waals surface area contributed by atoms with E-state index in [1.54, 1.807) is 0 Å². The zero-order chi connectivity index (χ0) is 9.30. The summed E-state index contributed by atoms with van der Waals surface area (Å²) in [5.74, 6) is -4.33. The maximum absolute atomic E-state index is 12.5. The molecule has 12 heavy (non-hydrogen) atoms. The summed E-state index contributed by atoms with van der Waals surface area (Å²) in [6, 6.07) is 1.44. The molecule has 3 N–H and O–H groups in total. The third kappa shape index (κ3) is 1.29. The van der Waals surface area contributed by atoms with Crippen molar-refractivity contribution in [2.75, 3.05) is 0 Å². The Morgan fingerprint density at radius 2 is 1.67 bits per heavy atom. The van der Waals surface area contributed by atoms with Crippen molar-refractivity contribution in [1.29, 1.82) is 0 Å². The third-order valence-corrected chi connectivity index (χ3v) is 1.28. The molecule has 0 saturated carbocycles. The lowest BCUT2D eigenvalue weighted by atomic mass is 10.2. The summed E-state index contributed by atoms with van der Waals surface area (Å²) in [6.45, 7) is 0. The van der Waals surface area contributed by atoms with Gasteiger partial charge in [0.15, 0.2) is 11.5 Å². The number of hydrogen-bond donors (Lipinski definition) is 3. The van der Waals surface area contributed by atoms with Crippen molar-refractivity contribution in [2.24, 2.45) is 0 Å². The molecular weight excluding hydrogens is 167 g/mol. The summed E-state index contributed by atoms with van der Waals surface area (Å²) in [7, 11) is 0. The minimum absolute atomic E-state index is 0.369. The highest BCUT2D eigenvalue weighted by molar-refractivity contribution is 5.88. The molecule has 0 aromatic heterocycles. The van der Waals surface area contributed by atoms with Gasteiger partial charge in [-0.1, -0.05) is 0 Å². The molecule has 0 fully saturated rings. The predicted molar refractivity (Wildman–Crippen MR) is 36.7 cm³/mol. The van der Waals surface area contributed by atoms with Crippen LogP contribution in [-0.4, -0.2) is 21.3 Å². The van der Waals surface area contributed by atoms with Gasteiger partial charge in [-0.25, -0.2) is 4.79 Å². The van der Waals surface area contributed by atoms with Crippen LogP contribution in [0.3, 0.4) is 0 Å². The normalized spacial score (nSPS) is 9.75. The molecule has 64 valence electrons. The second-order valence-electron chi connectivity index (χ2n) is 2.13. The van der Waals surface area contributed by atoms with Crippen molar-refractivity contribution in [3.05, 3.63) is 23.5 Å². The third-order valence-electron chi connectivity index (χ3n) is 1.28. The van der Waals surface area contributed by atoms with Crippen LogP contribution >= 0.6 is 0 Å². The number of phenols is 2. The first-order valence-corrected chi connectivity index (χ1v) is 2.97. The monoisotopic (exact) mass is 172 g/mol. The molecule has 4 nitrogen and oxygen atoms in total. The van der Waals surface area contributed by atoms with Gasteiger partial charge in [-0.3, -0.25) is 0 Å². The number of phenolic OH excluding ortho intramolecular Hbond substituents is 2. The molecule has 0 atom stereocenters. The number of carboxylic acids is 1. The van der Waals surface area contributed by atoms with E-state index >= 15 is 0 Å². The number of hydrogen-bond acceptors (Lipinski definition) is 3. The molecule has 1 aromatic rings. The summed E-state index contributed by atoms with van der Waals surface area (Å²) in [5, 5.41) is 25.8. The summed E-state index contributed by atoms with van der Waals surface area (Å²) < 4.78 is 12.5. The van der Waals surface area contributed by atoms with Crippen molar-refractivity contribution in [1.82, 2.24) is 0 Å². The van der Waals surface area contributed by atoms with Crippen molar-refractivity contribution >= 4 is 5.97 Å². The zero-order valence-electron chi connectivity index (χ0n) is 5.78. The van der Waals surface area contributed by atoms with E-state index in [-0.39, 0.29) is 5.56 Å². The lowest BCUT2D eigenvalue weighted by molar-refractivity contribution is 0.0695. The minimum Gasteiger partial charge on any atom is -0.505 e. The molecule has 1 aromatic carbocycles. The quantitative estimate of drug-likeness (QED) is 0.588. The fourth-order valence-electron chi connectivity index (χ4n) is 0.718. The Morgan fingerprint density at radius 1 is 1.25 bits per heavy atom. The molecule has 1 rings (SSSR count). The number of aromatic hydroxyl groups is 2. The standard InChI is InChI=1S/C7H5FO4/c8-6-4(9)1-3(7(11)12)2-5(6)10/h1-2,9-10H,(H,11,12). The Kier molecular flexibility index (Phi) is 1.86. The number of carboxylic acid groups (broad SMARTS) is 1. The number of benzene rings is 1. The Hall–Kier alpha value is -1.78. The van der Waals surface area contributed by atoms with E-state index in [9.17, 15) is 9.18 Å². The maximum atomic E-state index is 12.5. The lowest BCUT2D eigenvalue weighted by Gasteiger charge is -1.99. The summed E-state index contributed by atoms with van der Waals surface area (Å²) in [5.41, 5.74) is -0.369. The molecular formula is C7H5FO4. The van der Waals surface area contributed by atoms with E-state index in [0.29, 0.717) is 0 Å². The van der Waals surface area contributed by atoms with Crippen LogP contribution in [0.1, 0.15) is 10.4 Å². The highest BCUT2D eigenvalue weighted by atomic mass is 19.1. The van der Waals surface area contributed by atoms with Crippen LogP contribution in [0, 0.1) is 5.82 Å². The van der Waals surface area contributed by atoms with Crippen LogP contribution in [-0.2, 0) is 0 Å². The first-order chi connectivity index (χ1) is 5.52. The Morgan fingerprint density at radius 3 is 2.00 bits per heavy atom. The second-order valence-corrected chi connectivity index (χ2v) is 2.13. The van der Waals surface area contributed by atoms with Crippen molar-refractivity contribution in [3.8, 4) is 11.5 Å². The maximum Gasteiger partial charge on any atom is 0.335 e. The first kappa shape index (κ1) is 8.32. The largest absolute Gasteiger partial charge is 0.505 e. The molecule has 0 bridgehead atoms. The average Bonchev–Trinajstić information content (AvgIpc) is 1.99. The molecule has 0 amide bonds. The molecule has 0 spiro atoms. The van der Waals surface area contributed by atoms with Gasteiger partial charge in [0.25, 0.3) is 0 Å².